The predicted molar refractivity (Wildman–Crippen MR) is 138 cm³/mol. The number of ketones is 2. The van der Waals surface area contributed by atoms with Crippen LogP contribution in [0.2, 0.25) is 0 Å². The minimum atomic E-state index is -4.33. The molecule has 1 aliphatic carbocycles. The van der Waals surface area contributed by atoms with E-state index in [1.807, 2.05) is 0 Å². The second-order valence-corrected chi connectivity index (χ2v) is 13.3. The molecule has 0 saturated carbocycles. The van der Waals surface area contributed by atoms with Crippen LogP contribution in [-0.2, 0) is 30.3 Å². The minimum absolute atomic E-state index is 0.0691. The Kier molecular flexibility index (Phi) is 6.59. The van der Waals surface area contributed by atoms with Crippen molar-refractivity contribution < 1.29 is 26.4 Å². The van der Waals surface area contributed by atoms with Gasteiger partial charge in [-0.25, -0.2) is 8.42 Å². The maximum Gasteiger partial charge on any atom is 0.286 e. The van der Waals surface area contributed by atoms with Crippen LogP contribution in [0.25, 0.3) is 0 Å². The molecule has 0 fully saturated rings. The van der Waals surface area contributed by atoms with E-state index in [0.29, 0.717) is 23.5 Å². The average Bonchev–Trinajstić information content (AvgIpc) is 2.81. The van der Waals surface area contributed by atoms with Crippen molar-refractivity contribution in [1.82, 2.24) is 0 Å². The normalized spacial score (nSPS) is 22.9. The zero-order valence-corrected chi connectivity index (χ0v) is 22.2. The van der Waals surface area contributed by atoms with Gasteiger partial charge in [-0.15, -0.1) is 4.40 Å². The van der Waals surface area contributed by atoms with Crippen molar-refractivity contribution in [2.75, 3.05) is 15.8 Å². The predicted octanol–water partition coefficient (Wildman–Crippen LogP) is 3.74. The Balaban J connectivity index is 1.78. The van der Waals surface area contributed by atoms with Crippen molar-refractivity contribution in [1.29, 1.82) is 0 Å². The van der Waals surface area contributed by atoms with Crippen LogP contribution >= 0.6 is 0 Å². The van der Waals surface area contributed by atoms with Crippen molar-refractivity contribution >= 4 is 48.8 Å². The lowest BCUT2D eigenvalue weighted by atomic mass is 9.63. The molecule has 0 spiro atoms. The Morgan fingerprint density at radius 2 is 1.83 bits per heavy atom. The number of sulfonamides is 2. The van der Waals surface area contributed by atoms with Crippen molar-refractivity contribution in [3.05, 3.63) is 53.6 Å². The van der Waals surface area contributed by atoms with E-state index in [0.717, 1.165) is 12.5 Å². The van der Waals surface area contributed by atoms with Gasteiger partial charge in [-0.3, -0.25) is 14.3 Å². The Morgan fingerprint density at radius 1 is 1.14 bits per heavy atom. The SMILES string of the molecule is CCS(=O)(=O)Nc1ccc2c(c1)S(=O)(=O)N=C(C1C(=O)c3ccccc3C(C)(CCC(C)C)C1=O)N2. The zero-order chi connectivity index (χ0) is 26.5. The number of amidine groups is 1. The second-order valence-electron chi connectivity index (χ2n) is 9.76. The van der Waals surface area contributed by atoms with Crippen molar-refractivity contribution in [2.45, 2.75) is 50.8 Å². The second kappa shape index (κ2) is 9.11. The molecule has 11 heteroatoms. The van der Waals surface area contributed by atoms with Gasteiger partial charge < -0.3 is 5.32 Å². The summed E-state index contributed by atoms with van der Waals surface area (Å²) in [6, 6.07) is 10.9. The maximum atomic E-state index is 13.9. The Bertz CT molecular complexity index is 1500. The molecule has 0 bridgehead atoms. The first-order chi connectivity index (χ1) is 16.8. The van der Waals surface area contributed by atoms with E-state index in [2.05, 4.69) is 28.3 Å². The first-order valence-electron chi connectivity index (χ1n) is 11.7. The van der Waals surface area contributed by atoms with Crippen LogP contribution in [0.1, 0.15) is 56.5 Å². The number of nitrogens with one attached hydrogen (secondary N) is 2. The highest BCUT2D eigenvalue weighted by molar-refractivity contribution is 7.92. The van der Waals surface area contributed by atoms with Gasteiger partial charge in [0.2, 0.25) is 10.0 Å². The summed E-state index contributed by atoms with van der Waals surface area (Å²) in [4.78, 5) is 27.1. The number of fused-ring (bicyclic) bond motifs is 2. The van der Waals surface area contributed by atoms with E-state index in [1.54, 1.807) is 31.2 Å². The molecule has 0 radical (unpaired) electrons. The summed E-state index contributed by atoms with van der Waals surface area (Å²) in [6.07, 6.45) is 1.25. The van der Waals surface area contributed by atoms with Gasteiger partial charge >= 0.3 is 0 Å². The number of hydrogen-bond acceptors (Lipinski definition) is 7. The molecule has 1 heterocycles. The first kappa shape index (κ1) is 26.0. The third-order valence-corrected chi connectivity index (χ3v) is 9.38. The van der Waals surface area contributed by atoms with Gasteiger partial charge in [0.25, 0.3) is 10.0 Å². The van der Waals surface area contributed by atoms with E-state index in [-0.39, 0.29) is 27.9 Å². The van der Waals surface area contributed by atoms with E-state index in [9.17, 15) is 26.4 Å². The third kappa shape index (κ3) is 4.57. The van der Waals surface area contributed by atoms with Crippen molar-refractivity contribution in [3.63, 3.8) is 0 Å². The molecule has 192 valence electrons. The molecule has 1 aliphatic heterocycles. The quantitative estimate of drug-likeness (QED) is 0.519. The van der Waals surface area contributed by atoms with E-state index in [4.69, 9.17) is 0 Å². The van der Waals surface area contributed by atoms with Gasteiger partial charge in [-0.2, -0.15) is 8.42 Å². The summed E-state index contributed by atoms with van der Waals surface area (Å²) in [7, 11) is -7.95. The van der Waals surface area contributed by atoms with Crippen LogP contribution in [-0.4, -0.2) is 40.0 Å². The topological polar surface area (TPSA) is 139 Å². The zero-order valence-electron chi connectivity index (χ0n) is 20.5. The summed E-state index contributed by atoms with van der Waals surface area (Å²) in [6.45, 7) is 7.36. The largest absolute Gasteiger partial charge is 0.341 e. The standard InChI is InChI=1S/C25H29N3O6S2/c1-5-35(31,32)27-16-10-11-19-20(14-16)36(33,34)28-24(26-19)21-22(29)17-8-6-7-9-18(17)25(4,23(21)30)13-12-15(2)3/h6-11,14-15,21,27H,5,12-13H2,1-4H3,(H,26,28). The van der Waals surface area contributed by atoms with Crippen molar-refractivity contribution in [3.8, 4) is 0 Å². The lowest BCUT2D eigenvalue weighted by molar-refractivity contribution is -0.125. The summed E-state index contributed by atoms with van der Waals surface area (Å²) in [5, 5.41) is 2.87. The molecular weight excluding hydrogens is 502 g/mol. The molecule has 9 nitrogen and oxygen atoms in total. The lowest BCUT2D eigenvalue weighted by Crippen LogP contribution is -2.51. The Morgan fingerprint density at radius 3 is 2.50 bits per heavy atom. The van der Waals surface area contributed by atoms with Crippen LogP contribution in [0.4, 0.5) is 11.4 Å². The van der Waals surface area contributed by atoms with Gasteiger partial charge in [0.1, 0.15) is 16.6 Å². The molecular formula is C25H29N3O6S2. The molecule has 2 aromatic rings. The van der Waals surface area contributed by atoms with Crippen LogP contribution in [0.15, 0.2) is 51.8 Å². The number of benzene rings is 2. The van der Waals surface area contributed by atoms with Gasteiger partial charge in [-0.05, 0) is 56.4 Å². The Hall–Kier alpha value is -3.05. The molecule has 36 heavy (non-hydrogen) atoms. The average molecular weight is 532 g/mol. The fourth-order valence-corrected chi connectivity index (χ4v) is 6.42. The van der Waals surface area contributed by atoms with E-state index < -0.39 is 42.9 Å². The van der Waals surface area contributed by atoms with Crippen LogP contribution in [0.3, 0.4) is 0 Å². The summed E-state index contributed by atoms with van der Waals surface area (Å²) in [5.41, 5.74) is 0.216. The van der Waals surface area contributed by atoms with Gasteiger partial charge in [0, 0.05) is 11.3 Å². The fraction of sp³-hybridized carbons (Fsp3) is 0.400. The molecule has 2 atom stereocenters. The molecule has 2 aromatic carbocycles. The fourth-order valence-electron chi connectivity index (χ4n) is 4.61. The van der Waals surface area contributed by atoms with Crippen LogP contribution in [0, 0.1) is 11.8 Å². The molecule has 2 unspecified atom stereocenters. The summed E-state index contributed by atoms with van der Waals surface area (Å²) < 4.78 is 56.2. The van der Waals surface area contributed by atoms with Gasteiger partial charge in [0.05, 0.1) is 16.9 Å². The van der Waals surface area contributed by atoms with E-state index in [1.165, 1.54) is 19.1 Å². The number of carbonyl (C=O) groups excluding carboxylic acids is 2. The number of nitrogens with zero attached hydrogens (tertiary/aromatic N) is 1. The van der Waals surface area contributed by atoms with Crippen LogP contribution < -0.4 is 10.0 Å². The van der Waals surface area contributed by atoms with Gasteiger partial charge in [-0.1, -0.05) is 38.1 Å². The highest BCUT2D eigenvalue weighted by atomic mass is 32.2. The minimum Gasteiger partial charge on any atom is -0.341 e. The van der Waals surface area contributed by atoms with Gasteiger partial charge in [0.15, 0.2) is 11.6 Å². The molecule has 0 aromatic heterocycles. The van der Waals surface area contributed by atoms with Crippen molar-refractivity contribution in [2.24, 2.45) is 16.2 Å². The number of carbonyl (C=O) groups is 2. The van der Waals surface area contributed by atoms with Crippen LogP contribution in [0.5, 0.6) is 0 Å². The Labute approximate surface area is 211 Å². The molecule has 4 rings (SSSR count). The summed E-state index contributed by atoms with van der Waals surface area (Å²) >= 11 is 0. The lowest BCUT2D eigenvalue weighted by Gasteiger charge is -2.39. The summed E-state index contributed by atoms with van der Waals surface area (Å²) in [5.74, 6) is -2.41. The molecule has 2 aliphatic rings. The number of hydrogen-bond donors (Lipinski definition) is 2. The highest BCUT2D eigenvalue weighted by Crippen LogP contribution is 2.43. The molecule has 2 N–H and O–H groups in total. The first-order valence-corrected chi connectivity index (χ1v) is 14.8. The van der Waals surface area contributed by atoms with E-state index >= 15 is 0 Å². The molecule has 0 saturated heterocycles. The molecule has 0 amide bonds. The number of Topliss-reactive ketones (excluding diaryl/α,β-unsaturated/α-hetero) is 2. The highest BCUT2D eigenvalue weighted by Gasteiger charge is 2.51. The number of anilines is 2. The third-order valence-electron chi connectivity index (χ3n) is 6.74. The monoisotopic (exact) mass is 531 g/mol. The smallest absolute Gasteiger partial charge is 0.286 e. The maximum absolute atomic E-state index is 13.9. The number of rotatable bonds is 7.